The second-order valence-corrected chi connectivity index (χ2v) is 12.3. The molecule has 4 aromatic rings. The molecule has 8 heteroatoms. The lowest BCUT2D eigenvalue weighted by Crippen LogP contribution is -2.39. The standard InChI is InChI=1S/C34H40N6O2/c1-24-10-12-29(13-11-24)40-31(22-30(38-40)34(2,3)4)37-33(42)36-28-9-5-7-26(20-28)19-25-14-17-39(18-15-25)32(41)21-27-8-6-16-35-23-27/h5-13,16,20,22-23,25H,14-15,17-19,21H2,1-4H3,(H2,36,37,42). The lowest BCUT2D eigenvalue weighted by atomic mass is 9.90. The van der Waals surface area contributed by atoms with Crippen molar-refractivity contribution in [3.05, 3.63) is 102 Å². The first-order valence-corrected chi connectivity index (χ1v) is 14.7. The number of likely N-dealkylation sites (tertiary alicyclic amines) is 1. The molecule has 1 saturated heterocycles. The Morgan fingerprint density at radius 2 is 1.67 bits per heavy atom. The van der Waals surface area contributed by atoms with E-state index in [-0.39, 0.29) is 17.4 Å². The average molecular weight is 565 g/mol. The van der Waals surface area contributed by atoms with E-state index in [1.165, 1.54) is 5.56 Å². The summed E-state index contributed by atoms with van der Waals surface area (Å²) in [6.45, 7) is 9.91. The molecule has 218 valence electrons. The first-order chi connectivity index (χ1) is 20.1. The zero-order valence-electron chi connectivity index (χ0n) is 24.9. The van der Waals surface area contributed by atoms with Crippen LogP contribution >= 0.6 is 0 Å². The van der Waals surface area contributed by atoms with Crippen LogP contribution in [0.3, 0.4) is 0 Å². The van der Waals surface area contributed by atoms with E-state index in [9.17, 15) is 9.59 Å². The highest BCUT2D eigenvalue weighted by atomic mass is 16.2. The molecule has 3 heterocycles. The van der Waals surface area contributed by atoms with Crippen molar-refractivity contribution < 1.29 is 9.59 Å². The third-order valence-electron chi connectivity index (χ3n) is 7.75. The Kier molecular flexibility index (Phi) is 8.71. The van der Waals surface area contributed by atoms with Crippen molar-refractivity contribution in [2.75, 3.05) is 23.7 Å². The molecular formula is C34H40N6O2. The van der Waals surface area contributed by atoms with Crippen LogP contribution < -0.4 is 10.6 Å². The number of nitrogens with one attached hydrogen (secondary N) is 2. The van der Waals surface area contributed by atoms with E-state index in [4.69, 9.17) is 5.10 Å². The van der Waals surface area contributed by atoms with Crippen molar-refractivity contribution in [1.82, 2.24) is 19.7 Å². The van der Waals surface area contributed by atoms with Gasteiger partial charge in [-0.3, -0.25) is 15.1 Å². The molecule has 0 spiro atoms. The van der Waals surface area contributed by atoms with Crippen molar-refractivity contribution in [1.29, 1.82) is 0 Å². The highest BCUT2D eigenvalue weighted by Gasteiger charge is 2.24. The van der Waals surface area contributed by atoms with Crippen molar-refractivity contribution >= 4 is 23.4 Å². The summed E-state index contributed by atoms with van der Waals surface area (Å²) in [5.74, 6) is 1.27. The summed E-state index contributed by atoms with van der Waals surface area (Å²) in [5, 5.41) is 10.8. The summed E-state index contributed by atoms with van der Waals surface area (Å²) in [6, 6.07) is 21.5. The number of aromatic nitrogens is 3. The maximum atomic E-state index is 13.1. The number of rotatable bonds is 7. The summed E-state index contributed by atoms with van der Waals surface area (Å²) in [5.41, 5.74) is 5.64. The summed E-state index contributed by atoms with van der Waals surface area (Å²) >= 11 is 0. The molecule has 0 atom stereocenters. The largest absolute Gasteiger partial charge is 0.342 e. The molecule has 5 rings (SSSR count). The Bertz CT molecular complexity index is 1510. The van der Waals surface area contributed by atoms with Gasteiger partial charge in [0.1, 0.15) is 5.82 Å². The Balaban J connectivity index is 1.18. The minimum atomic E-state index is -0.318. The highest BCUT2D eigenvalue weighted by molar-refractivity contribution is 5.99. The van der Waals surface area contributed by atoms with Crippen LogP contribution in [0.1, 0.15) is 56.0 Å². The number of urea groups is 1. The third-order valence-corrected chi connectivity index (χ3v) is 7.75. The summed E-state index contributed by atoms with van der Waals surface area (Å²) in [4.78, 5) is 31.9. The van der Waals surface area contributed by atoms with Crippen LogP contribution in [0, 0.1) is 12.8 Å². The van der Waals surface area contributed by atoms with Crippen molar-refractivity contribution in [3.63, 3.8) is 0 Å². The SMILES string of the molecule is Cc1ccc(-n2nc(C(C)(C)C)cc2NC(=O)Nc2cccc(CC3CCN(C(=O)Cc4cccnc4)CC3)c2)cc1. The van der Waals surface area contributed by atoms with Crippen LogP contribution in [0.2, 0.25) is 0 Å². The van der Waals surface area contributed by atoms with Gasteiger partial charge >= 0.3 is 6.03 Å². The van der Waals surface area contributed by atoms with Gasteiger partial charge in [0.15, 0.2) is 0 Å². The number of amides is 3. The topological polar surface area (TPSA) is 92.2 Å². The second kappa shape index (κ2) is 12.6. The minimum Gasteiger partial charge on any atom is -0.342 e. The van der Waals surface area contributed by atoms with Crippen LogP contribution in [-0.2, 0) is 23.1 Å². The molecule has 1 aliphatic rings. The van der Waals surface area contributed by atoms with Gasteiger partial charge in [0.05, 0.1) is 17.8 Å². The molecule has 1 aliphatic heterocycles. The zero-order chi connectivity index (χ0) is 29.7. The summed E-state index contributed by atoms with van der Waals surface area (Å²) < 4.78 is 1.78. The van der Waals surface area contributed by atoms with Crippen molar-refractivity contribution in [2.24, 2.45) is 5.92 Å². The van der Waals surface area contributed by atoms with Gasteiger partial charge in [0.25, 0.3) is 0 Å². The smallest absolute Gasteiger partial charge is 0.324 e. The number of carbonyl (C=O) groups excluding carboxylic acids is 2. The fourth-order valence-electron chi connectivity index (χ4n) is 5.28. The molecule has 3 amide bonds. The van der Waals surface area contributed by atoms with Gasteiger partial charge in [-0.15, -0.1) is 0 Å². The Hall–Kier alpha value is -4.46. The Labute approximate surface area is 248 Å². The van der Waals surface area contributed by atoms with E-state index in [0.29, 0.717) is 18.2 Å². The van der Waals surface area contributed by atoms with E-state index < -0.39 is 0 Å². The van der Waals surface area contributed by atoms with Crippen LogP contribution in [0.15, 0.2) is 79.1 Å². The molecule has 42 heavy (non-hydrogen) atoms. The number of nitrogens with zero attached hydrogens (tertiary/aromatic N) is 4. The fraction of sp³-hybridized carbons (Fsp3) is 0.353. The predicted molar refractivity (Wildman–Crippen MR) is 167 cm³/mol. The van der Waals surface area contributed by atoms with Gasteiger partial charge in [0, 0.05) is 42.7 Å². The van der Waals surface area contributed by atoms with E-state index >= 15 is 0 Å². The number of piperidine rings is 1. The van der Waals surface area contributed by atoms with E-state index in [1.807, 2.05) is 72.5 Å². The Morgan fingerprint density at radius 1 is 0.929 bits per heavy atom. The molecular weight excluding hydrogens is 524 g/mol. The van der Waals surface area contributed by atoms with Crippen LogP contribution in [0.5, 0.6) is 0 Å². The number of aryl methyl sites for hydroxylation is 1. The maximum absolute atomic E-state index is 13.1. The third kappa shape index (κ3) is 7.43. The lowest BCUT2D eigenvalue weighted by molar-refractivity contribution is -0.131. The minimum absolute atomic E-state index is 0.164. The second-order valence-electron chi connectivity index (χ2n) is 12.3. The maximum Gasteiger partial charge on any atom is 0.324 e. The van der Waals surface area contributed by atoms with Crippen molar-refractivity contribution in [3.8, 4) is 5.69 Å². The molecule has 2 N–H and O–H groups in total. The Morgan fingerprint density at radius 3 is 2.36 bits per heavy atom. The summed E-state index contributed by atoms with van der Waals surface area (Å²) in [6.07, 6.45) is 6.73. The van der Waals surface area contributed by atoms with Crippen LogP contribution in [-0.4, -0.2) is 44.7 Å². The zero-order valence-corrected chi connectivity index (χ0v) is 24.9. The summed E-state index contributed by atoms with van der Waals surface area (Å²) in [7, 11) is 0. The molecule has 2 aromatic heterocycles. The number of carbonyl (C=O) groups is 2. The first-order valence-electron chi connectivity index (χ1n) is 14.7. The van der Waals surface area contributed by atoms with Crippen molar-refractivity contribution in [2.45, 2.75) is 58.8 Å². The average Bonchev–Trinajstić information content (AvgIpc) is 3.39. The molecule has 0 unspecified atom stereocenters. The van der Waals surface area contributed by atoms with Gasteiger partial charge in [-0.2, -0.15) is 5.10 Å². The molecule has 2 aromatic carbocycles. The molecule has 8 nitrogen and oxygen atoms in total. The highest BCUT2D eigenvalue weighted by Crippen LogP contribution is 2.27. The van der Waals surface area contributed by atoms with Gasteiger partial charge in [-0.1, -0.05) is 56.7 Å². The fourth-order valence-corrected chi connectivity index (χ4v) is 5.28. The normalized spacial score (nSPS) is 14.0. The van der Waals surface area contributed by atoms with Gasteiger partial charge in [-0.05, 0) is 73.6 Å². The van der Waals surface area contributed by atoms with Gasteiger partial charge < -0.3 is 10.2 Å². The van der Waals surface area contributed by atoms with Crippen LogP contribution in [0.4, 0.5) is 16.3 Å². The van der Waals surface area contributed by atoms with Crippen LogP contribution in [0.25, 0.3) is 5.69 Å². The molecule has 0 saturated carbocycles. The molecule has 0 aliphatic carbocycles. The molecule has 1 fully saturated rings. The number of hydrogen-bond donors (Lipinski definition) is 2. The number of anilines is 2. The van der Waals surface area contributed by atoms with E-state index in [0.717, 1.165) is 60.5 Å². The number of hydrogen-bond acceptors (Lipinski definition) is 4. The quantitative estimate of drug-likeness (QED) is 0.267. The number of pyridine rings is 1. The predicted octanol–water partition coefficient (Wildman–Crippen LogP) is 6.54. The van der Waals surface area contributed by atoms with Gasteiger partial charge in [-0.25, -0.2) is 9.48 Å². The van der Waals surface area contributed by atoms with E-state index in [2.05, 4.69) is 42.5 Å². The molecule has 0 radical (unpaired) electrons. The first kappa shape index (κ1) is 29.0. The lowest BCUT2D eigenvalue weighted by Gasteiger charge is -2.32. The van der Waals surface area contributed by atoms with Gasteiger partial charge in [0.2, 0.25) is 5.91 Å². The molecule has 0 bridgehead atoms. The number of benzene rings is 2. The monoisotopic (exact) mass is 564 g/mol. The van der Waals surface area contributed by atoms with E-state index in [1.54, 1.807) is 17.1 Å².